The molecule has 0 atom stereocenters. The Bertz CT molecular complexity index is 1180. The second-order valence-electron chi connectivity index (χ2n) is 7.10. The fraction of sp³-hybridized carbons (Fsp3) is 0.286. The Morgan fingerprint density at radius 3 is 2.50 bits per heavy atom. The molecule has 0 aliphatic carbocycles. The van der Waals surface area contributed by atoms with Crippen molar-refractivity contribution in [1.82, 2.24) is 14.5 Å². The number of rotatable bonds is 3. The van der Waals surface area contributed by atoms with Gasteiger partial charge in [-0.3, -0.25) is 9.36 Å². The zero-order chi connectivity index (χ0) is 19.1. The lowest BCUT2D eigenvalue weighted by molar-refractivity contribution is -0.133. The van der Waals surface area contributed by atoms with Gasteiger partial charge >= 0.3 is 5.76 Å². The first kappa shape index (κ1) is 16.8. The molecule has 2 aromatic heterocycles. The Labute approximate surface area is 160 Å². The molecule has 0 saturated carbocycles. The summed E-state index contributed by atoms with van der Waals surface area (Å²) < 4.78 is 12.5. The van der Waals surface area contributed by atoms with Gasteiger partial charge in [-0.05, 0) is 37.1 Å². The molecule has 142 valence electrons. The molecule has 7 heteroatoms. The lowest BCUT2D eigenvalue weighted by atomic mass is 9.97. The highest BCUT2D eigenvalue weighted by atomic mass is 16.4. The minimum atomic E-state index is -0.504. The lowest BCUT2D eigenvalue weighted by Crippen LogP contribution is -2.40. The molecule has 0 bridgehead atoms. The van der Waals surface area contributed by atoms with E-state index in [-0.39, 0.29) is 18.4 Å². The number of piperidine rings is 1. The van der Waals surface area contributed by atoms with Crippen molar-refractivity contribution in [3.8, 4) is 0 Å². The molecule has 3 heterocycles. The van der Waals surface area contributed by atoms with Crippen LogP contribution in [0, 0.1) is 0 Å². The van der Waals surface area contributed by atoms with Crippen molar-refractivity contribution in [2.24, 2.45) is 0 Å². The smallest absolute Gasteiger partial charge is 0.420 e. The van der Waals surface area contributed by atoms with Crippen molar-refractivity contribution in [3.63, 3.8) is 0 Å². The van der Waals surface area contributed by atoms with E-state index in [9.17, 15) is 9.59 Å². The Kier molecular flexibility index (Phi) is 4.00. The molecule has 0 unspecified atom stereocenters. The van der Waals surface area contributed by atoms with Gasteiger partial charge in [-0.25, -0.2) is 9.78 Å². The zero-order valence-corrected chi connectivity index (χ0v) is 15.2. The predicted octanol–water partition coefficient (Wildman–Crippen LogP) is 3.14. The van der Waals surface area contributed by atoms with Crippen LogP contribution in [0.3, 0.4) is 0 Å². The van der Waals surface area contributed by atoms with Crippen LogP contribution in [0.4, 0.5) is 0 Å². The average molecular weight is 377 g/mol. The van der Waals surface area contributed by atoms with Gasteiger partial charge in [0, 0.05) is 19.0 Å². The van der Waals surface area contributed by atoms with Crippen molar-refractivity contribution < 1.29 is 13.6 Å². The number of fused-ring (bicyclic) bond motifs is 2. The number of nitrogens with zero attached hydrogens (tertiary/aromatic N) is 3. The van der Waals surface area contributed by atoms with Crippen molar-refractivity contribution in [1.29, 1.82) is 0 Å². The largest absolute Gasteiger partial charge is 0.440 e. The number of carbonyl (C=O) groups is 1. The Hall–Kier alpha value is -3.35. The van der Waals surface area contributed by atoms with Crippen LogP contribution in [-0.4, -0.2) is 33.4 Å². The molecule has 1 fully saturated rings. The molecule has 1 amide bonds. The van der Waals surface area contributed by atoms with E-state index in [0.29, 0.717) is 24.2 Å². The van der Waals surface area contributed by atoms with Crippen molar-refractivity contribution in [3.05, 3.63) is 65.0 Å². The van der Waals surface area contributed by atoms with Gasteiger partial charge in [-0.1, -0.05) is 24.3 Å². The van der Waals surface area contributed by atoms with Crippen LogP contribution in [0.5, 0.6) is 0 Å². The van der Waals surface area contributed by atoms with E-state index in [1.165, 1.54) is 4.57 Å². The molecule has 0 spiro atoms. The minimum absolute atomic E-state index is 0.0105. The Morgan fingerprint density at radius 1 is 1.00 bits per heavy atom. The van der Waals surface area contributed by atoms with Crippen LogP contribution >= 0.6 is 0 Å². The highest BCUT2D eigenvalue weighted by molar-refractivity contribution is 5.79. The third-order valence-corrected chi connectivity index (χ3v) is 5.37. The number of carbonyl (C=O) groups excluding carboxylic acids is 1. The maximum absolute atomic E-state index is 12.7. The fourth-order valence-electron chi connectivity index (χ4n) is 3.84. The van der Waals surface area contributed by atoms with E-state index >= 15 is 0 Å². The molecule has 28 heavy (non-hydrogen) atoms. The summed E-state index contributed by atoms with van der Waals surface area (Å²) in [6.45, 7) is 1.23. The normalized spacial score (nSPS) is 15.5. The summed E-state index contributed by atoms with van der Waals surface area (Å²) in [5.41, 5.74) is 2.79. The molecule has 0 radical (unpaired) electrons. The molecule has 1 aliphatic heterocycles. The summed E-state index contributed by atoms with van der Waals surface area (Å²) in [4.78, 5) is 31.2. The van der Waals surface area contributed by atoms with Crippen LogP contribution in [0.15, 0.2) is 62.2 Å². The van der Waals surface area contributed by atoms with Crippen LogP contribution in [-0.2, 0) is 11.3 Å². The van der Waals surface area contributed by atoms with Crippen LogP contribution in [0.1, 0.15) is 24.7 Å². The van der Waals surface area contributed by atoms with Gasteiger partial charge in [0.05, 0.1) is 5.52 Å². The zero-order valence-electron chi connectivity index (χ0n) is 15.2. The maximum atomic E-state index is 12.7. The van der Waals surface area contributed by atoms with Gasteiger partial charge in [-0.2, -0.15) is 0 Å². The van der Waals surface area contributed by atoms with Crippen molar-refractivity contribution in [2.75, 3.05) is 13.1 Å². The SMILES string of the molecule is O=C(Cn1c(=O)oc2ccccc21)N1CCC(c2nc3ccccc3o2)CC1. The first-order valence-electron chi connectivity index (χ1n) is 9.40. The summed E-state index contributed by atoms with van der Waals surface area (Å²) in [6.07, 6.45) is 1.58. The molecule has 1 aliphatic rings. The summed E-state index contributed by atoms with van der Waals surface area (Å²) in [5.74, 6) is 0.361. The second kappa shape index (κ2) is 6.67. The van der Waals surface area contributed by atoms with E-state index in [2.05, 4.69) is 4.98 Å². The molecule has 5 rings (SSSR count). The highest BCUT2D eigenvalue weighted by Gasteiger charge is 2.27. The first-order chi connectivity index (χ1) is 13.7. The Balaban J connectivity index is 1.28. The lowest BCUT2D eigenvalue weighted by Gasteiger charge is -2.30. The van der Waals surface area contributed by atoms with Crippen LogP contribution in [0.2, 0.25) is 0 Å². The average Bonchev–Trinajstić information content (AvgIpc) is 3.29. The summed E-state index contributed by atoms with van der Waals surface area (Å²) in [6, 6.07) is 14.9. The number of amides is 1. The highest BCUT2D eigenvalue weighted by Crippen LogP contribution is 2.30. The summed E-state index contributed by atoms with van der Waals surface area (Å²) in [7, 11) is 0. The number of likely N-dealkylation sites (tertiary alicyclic amines) is 1. The van der Waals surface area contributed by atoms with E-state index in [0.717, 1.165) is 29.8 Å². The van der Waals surface area contributed by atoms with Gasteiger partial charge in [-0.15, -0.1) is 0 Å². The maximum Gasteiger partial charge on any atom is 0.420 e. The van der Waals surface area contributed by atoms with Crippen LogP contribution in [0.25, 0.3) is 22.2 Å². The first-order valence-corrected chi connectivity index (χ1v) is 9.40. The minimum Gasteiger partial charge on any atom is -0.440 e. The molecule has 2 aromatic carbocycles. The van der Waals surface area contributed by atoms with Crippen LogP contribution < -0.4 is 5.76 Å². The second-order valence-corrected chi connectivity index (χ2v) is 7.10. The number of hydrogen-bond acceptors (Lipinski definition) is 5. The number of hydrogen-bond donors (Lipinski definition) is 0. The third kappa shape index (κ3) is 2.89. The number of para-hydroxylation sites is 4. The van der Waals surface area contributed by atoms with E-state index in [1.54, 1.807) is 23.1 Å². The van der Waals surface area contributed by atoms with Gasteiger partial charge < -0.3 is 13.7 Å². The van der Waals surface area contributed by atoms with E-state index < -0.39 is 5.76 Å². The van der Waals surface area contributed by atoms with Crippen molar-refractivity contribution >= 4 is 28.1 Å². The molecule has 0 N–H and O–H groups in total. The monoisotopic (exact) mass is 377 g/mol. The summed E-state index contributed by atoms with van der Waals surface area (Å²) >= 11 is 0. The standard InChI is InChI=1S/C21H19N3O4/c25-19(13-24-16-6-2-4-8-18(16)28-21(24)26)23-11-9-14(10-12-23)20-22-15-5-1-3-7-17(15)27-20/h1-8,14H,9-13H2. The van der Waals surface area contributed by atoms with Gasteiger partial charge in [0.25, 0.3) is 0 Å². The fourth-order valence-corrected chi connectivity index (χ4v) is 3.84. The number of benzene rings is 2. The molecular formula is C21H19N3O4. The topological polar surface area (TPSA) is 81.5 Å². The molecule has 1 saturated heterocycles. The number of aromatic nitrogens is 2. The third-order valence-electron chi connectivity index (χ3n) is 5.37. The van der Waals surface area contributed by atoms with Crippen molar-refractivity contribution in [2.45, 2.75) is 25.3 Å². The molecule has 4 aromatic rings. The van der Waals surface area contributed by atoms with Gasteiger partial charge in [0.15, 0.2) is 17.1 Å². The Morgan fingerprint density at radius 2 is 1.71 bits per heavy atom. The van der Waals surface area contributed by atoms with Gasteiger partial charge in [0.1, 0.15) is 12.1 Å². The van der Waals surface area contributed by atoms with Gasteiger partial charge in [0.2, 0.25) is 5.91 Å². The quantitative estimate of drug-likeness (QED) is 0.548. The van der Waals surface area contributed by atoms with E-state index in [4.69, 9.17) is 8.83 Å². The summed E-state index contributed by atoms with van der Waals surface area (Å²) in [5, 5.41) is 0. The predicted molar refractivity (Wildman–Crippen MR) is 103 cm³/mol. The van der Waals surface area contributed by atoms with E-state index in [1.807, 2.05) is 30.3 Å². The number of oxazole rings is 2. The molecule has 7 nitrogen and oxygen atoms in total. The molecular weight excluding hydrogens is 358 g/mol.